The van der Waals surface area contributed by atoms with Crippen LogP contribution in [0.5, 0.6) is 0 Å². The van der Waals surface area contributed by atoms with E-state index in [2.05, 4.69) is 4.72 Å². The molecule has 2 rings (SSSR count). The minimum Gasteiger partial charge on any atom is -0.398 e. The van der Waals surface area contributed by atoms with Gasteiger partial charge in [-0.25, -0.2) is 12.8 Å². The van der Waals surface area contributed by atoms with Crippen molar-refractivity contribution in [1.82, 2.24) is 0 Å². The van der Waals surface area contributed by atoms with Crippen molar-refractivity contribution in [3.05, 3.63) is 35.6 Å². The molecule has 0 spiro atoms. The second-order valence-corrected chi connectivity index (χ2v) is 8.76. The normalized spacial score (nSPS) is 20.7. The molecule has 0 aromatic heterocycles. The third kappa shape index (κ3) is 3.99. The van der Waals surface area contributed by atoms with Crippen molar-refractivity contribution >= 4 is 28.4 Å². The zero-order valence-electron chi connectivity index (χ0n) is 14.8. The van der Waals surface area contributed by atoms with E-state index in [1.54, 1.807) is 31.2 Å². The Kier molecular flexibility index (Phi) is 4.87. The molecule has 0 amide bonds. The SMILES string of the molecule is CC(=C(F)B1OC(C)(C)C(C)(C)O1)c1ccc(NS(C)(=O)=O)cc1. The van der Waals surface area contributed by atoms with E-state index in [1.807, 2.05) is 27.7 Å². The highest BCUT2D eigenvalue weighted by atomic mass is 32.2. The van der Waals surface area contributed by atoms with Crippen LogP contribution in [0.15, 0.2) is 30.0 Å². The van der Waals surface area contributed by atoms with E-state index in [4.69, 9.17) is 9.31 Å². The molecule has 1 aromatic rings. The smallest absolute Gasteiger partial charge is 0.398 e. The second-order valence-electron chi connectivity index (χ2n) is 7.01. The lowest BCUT2D eigenvalue weighted by atomic mass is 9.83. The third-order valence-electron chi connectivity index (χ3n) is 4.44. The molecule has 1 fully saturated rings. The predicted molar refractivity (Wildman–Crippen MR) is 94.7 cm³/mol. The van der Waals surface area contributed by atoms with Gasteiger partial charge in [-0.3, -0.25) is 4.72 Å². The van der Waals surface area contributed by atoms with Gasteiger partial charge in [-0.1, -0.05) is 12.1 Å². The lowest BCUT2D eigenvalue weighted by Crippen LogP contribution is -2.41. The zero-order valence-corrected chi connectivity index (χ0v) is 15.6. The van der Waals surface area contributed by atoms with Gasteiger partial charge < -0.3 is 9.31 Å². The van der Waals surface area contributed by atoms with Crippen LogP contribution in [0.3, 0.4) is 0 Å². The van der Waals surface area contributed by atoms with Crippen molar-refractivity contribution < 1.29 is 22.1 Å². The highest BCUT2D eigenvalue weighted by molar-refractivity contribution is 7.92. The van der Waals surface area contributed by atoms with Gasteiger partial charge in [0.05, 0.1) is 17.5 Å². The average molecular weight is 355 g/mol. The highest BCUT2D eigenvalue weighted by Crippen LogP contribution is 2.40. The molecular formula is C16H23BFNO4S. The Morgan fingerprint density at radius 1 is 1.08 bits per heavy atom. The maximum atomic E-state index is 14.8. The first-order chi connectivity index (χ1) is 10.8. The minimum atomic E-state index is -3.34. The average Bonchev–Trinajstić information content (AvgIpc) is 2.65. The molecule has 1 aliphatic rings. The van der Waals surface area contributed by atoms with E-state index in [0.29, 0.717) is 16.8 Å². The molecule has 0 aliphatic carbocycles. The summed E-state index contributed by atoms with van der Waals surface area (Å²) < 4.78 is 51.0. The largest absolute Gasteiger partial charge is 0.525 e. The minimum absolute atomic E-state index is 0.388. The fourth-order valence-electron chi connectivity index (χ4n) is 2.26. The molecule has 1 heterocycles. The number of hydrogen-bond donors (Lipinski definition) is 1. The number of sulfonamides is 1. The molecule has 0 saturated carbocycles. The Balaban J connectivity index is 2.24. The van der Waals surface area contributed by atoms with Crippen LogP contribution in [0, 0.1) is 0 Å². The molecule has 1 aromatic carbocycles. The lowest BCUT2D eigenvalue weighted by Gasteiger charge is -2.32. The van der Waals surface area contributed by atoms with Gasteiger partial charge in [0, 0.05) is 5.69 Å². The molecule has 132 valence electrons. The van der Waals surface area contributed by atoms with Gasteiger partial charge in [0.25, 0.3) is 0 Å². The van der Waals surface area contributed by atoms with Gasteiger partial charge >= 0.3 is 7.12 Å². The Morgan fingerprint density at radius 3 is 1.96 bits per heavy atom. The summed E-state index contributed by atoms with van der Waals surface area (Å²) in [5.41, 5.74) is -0.278. The maximum absolute atomic E-state index is 14.8. The summed E-state index contributed by atoms with van der Waals surface area (Å²) >= 11 is 0. The van der Waals surface area contributed by atoms with Crippen molar-refractivity contribution in [3.8, 4) is 0 Å². The quantitative estimate of drug-likeness (QED) is 0.841. The Hall–Kier alpha value is -1.38. The van der Waals surface area contributed by atoms with Crippen molar-refractivity contribution in [1.29, 1.82) is 0 Å². The van der Waals surface area contributed by atoms with Gasteiger partial charge in [0.1, 0.15) is 5.73 Å². The number of anilines is 1. The first kappa shape index (κ1) is 19.0. The number of benzene rings is 1. The standard InChI is InChI=1S/C16H23BFNO4S/c1-11(12-7-9-13(10-8-12)19-24(6,20)21)14(18)17-22-15(2,3)16(4,5)23-17/h7-10,19H,1-6H3. The molecule has 1 aliphatic heterocycles. The van der Waals surface area contributed by atoms with Gasteiger partial charge in [-0.2, -0.15) is 0 Å². The second kappa shape index (κ2) is 6.17. The summed E-state index contributed by atoms with van der Waals surface area (Å²) in [6.07, 6.45) is 1.07. The lowest BCUT2D eigenvalue weighted by molar-refractivity contribution is 0.00578. The number of rotatable bonds is 4. The van der Waals surface area contributed by atoms with E-state index in [0.717, 1.165) is 6.26 Å². The molecule has 8 heteroatoms. The number of allylic oxidation sites excluding steroid dienone is 1. The topological polar surface area (TPSA) is 64.6 Å². The van der Waals surface area contributed by atoms with E-state index >= 15 is 0 Å². The predicted octanol–water partition coefficient (Wildman–Crippen LogP) is 3.39. The monoisotopic (exact) mass is 355 g/mol. The van der Waals surface area contributed by atoms with Crippen LogP contribution in [-0.2, 0) is 19.3 Å². The molecule has 0 radical (unpaired) electrons. The van der Waals surface area contributed by atoms with Crippen molar-refractivity contribution in [2.45, 2.75) is 45.8 Å². The van der Waals surface area contributed by atoms with Gasteiger partial charge in [-0.05, 0) is 57.9 Å². The van der Waals surface area contributed by atoms with Gasteiger partial charge in [0.2, 0.25) is 10.0 Å². The van der Waals surface area contributed by atoms with Crippen LogP contribution in [0.25, 0.3) is 5.57 Å². The summed E-state index contributed by atoms with van der Waals surface area (Å²) in [5.74, 6) is 0. The molecule has 1 saturated heterocycles. The van der Waals surface area contributed by atoms with Crippen molar-refractivity contribution in [2.75, 3.05) is 11.0 Å². The van der Waals surface area contributed by atoms with Crippen LogP contribution in [0.2, 0.25) is 0 Å². The van der Waals surface area contributed by atoms with Crippen LogP contribution < -0.4 is 4.72 Å². The maximum Gasteiger partial charge on any atom is 0.525 e. The third-order valence-corrected chi connectivity index (χ3v) is 5.05. The Bertz CT molecular complexity index is 741. The number of nitrogens with one attached hydrogen (secondary N) is 1. The number of hydrogen-bond acceptors (Lipinski definition) is 4. The van der Waals surface area contributed by atoms with E-state index in [-0.39, 0.29) is 0 Å². The molecule has 0 bridgehead atoms. The Morgan fingerprint density at radius 2 is 1.54 bits per heavy atom. The van der Waals surface area contributed by atoms with Crippen molar-refractivity contribution in [2.24, 2.45) is 0 Å². The van der Waals surface area contributed by atoms with Crippen LogP contribution in [-0.4, -0.2) is 33.0 Å². The van der Waals surface area contributed by atoms with Gasteiger partial charge in [0.15, 0.2) is 0 Å². The van der Waals surface area contributed by atoms with Crippen LogP contribution in [0.4, 0.5) is 10.1 Å². The first-order valence-electron chi connectivity index (χ1n) is 7.62. The molecule has 5 nitrogen and oxygen atoms in total. The summed E-state index contributed by atoms with van der Waals surface area (Å²) in [6.45, 7) is 9.09. The molecule has 0 unspecified atom stereocenters. The molecule has 1 N–H and O–H groups in total. The zero-order chi connectivity index (χ0) is 18.3. The van der Waals surface area contributed by atoms with E-state index < -0.39 is 34.1 Å². The fraction of sp³-hybridized carbons (Fsp3) is 0.500. The fourth-order valence-corrected chi connectivity index (χ4v) is 2.83. The molecule has 24 heavy (non-hydrogen) atoms. The molecule has 0 atom stereocenters. The van der Waals surface area contributed by atoms with Gasteiger partial charge in [-0.15, -0.1) is 0 Å². The molecular weight excluding hydrogens is 332 g/mol. The highest BCUT2D eigenvalue weighted by Gasteiger charge is 2.53. The number of halogens is 1. The van der Waals surface area contributed by atoms with Crippen LogP contribution >= 0.6 is 0 Å². The summed E-state index contributed by atoms with van der Waals surface area (Å²) in [4.78, 5) is 0. The summed E-state index contributed by atoms with van der Waals surface area (Å²) in [7, 11) is -4.39. The van der Waals surface area contributed by atoms with E-state index in [9.17, 15) is 12.8 Å². The first-order valence-corrected chi connectivity index (χ1v) is 9.52. The Labute approximate surface area is 143 Å². The summed E-state index contributed by atoms with van der Waals surface area (Å²) in [6, 6.07) is 6.45. The van der Waals surface area contributed by atoms with Crippen LogP contribution in [0.1, 0.15) is 40.2 Å². The summed E-state index contributed by atoms with van der Waals surface area (Å²) in [5, 5.41) is 0. The van der Waals surface area contributed by atoms with E-state index in [1.165, 1.54) is 0 Å². The van der Waals surface area contributed by atoms with Crippen molar-refractivity contribution in [3.63, 3.8) is 0 Å².